The van der Waals surface area contributed by atoms with Gasteiger partial charge in [-0.2, -0.15) is 5.10 Å². The molecule has 18 heavy (non-hydrogen) atoms. The van der Waals surface area contributed by atoms with Crippen molar-refractivity contribution in [1.29, 1.82) is 0 Å². The van der Waals surface area contributed by atoms with Crippen molar-refractivity contribution in [2.45, 2.75) is 0 Å². The van der Waals surface area contributed by atoms with E-state index in [4.69, 9.17) is 0 Å². The Hall–Kier alpha value is -2.49. The third-order valence-electron chi connectivity index (χ3n) is 2.66. The SMILES string of the molecule is Fc1ccc(-c2ccn(-c3ccncc3)n2)cc1. The molecule has 2 aromatic heterocycles. The molecule has 3 aromatic rings. The molecule has 0 saturated carbocycles. The zero-order valence-electron chi connectivity index (χ0n) is 9.49. The van der Waals surface area contributed by atoms with Crippen LogP contribution in [0.2, 0.25) is 0 Å². The fourth-order valence-corrected chi connectivity index (χ4v) is 1.74. The summed E-state index contributed by atoms with van der Waals surface area (Å²) >= 11 is 0. The maximum Gasteiger partial charge on any atom is 0.123 e. The number of aromatic nitrogens is 3. The van der Waals surface area contributed by atoms with Crippen LogP contribution in [-0.4, -0.2) is 14.8 Å². The van der Waals surface area contributed by atoms with E-state index in [0.717, 1.165) is 16.9 Å². The lowest BCUT2D eigenvalue weighted by atomic mass is 10.1. The minimum atomic E-state index is -0.243. The van der Waals surface area contributed by atoms with E-state index in [1.165, 1.54) is 12.1 Å². The summed E-state index contributed by atoms with van der Waals surface area (Å²) in [5, 5.41) is 4.45. The highest BCUT2D eigenvalue weighted by Crippen LogP contribution is 2.18. The van der Waals surface area contributed by atoms with Crippen LogP contribution in [-0.2, 0) is 0 Å². The smallest absolute Gasteiger partial charge is 0.123 e. The zero-order chi connectivity index (χ0) is 12.4. The van der Waals surface area contributed by atoms with Crippen LogP contribution in [0, 0.1) is 5.82 Å². The summed E-state index contributed by atoms with van der Waals surface area (Å²) in [5.74, 6) is -0.243. The predicted molar refractivity (Wildman–Crippen MR) is 66.8 cm³/mol. The van der Waals surface area contributed by atoms with Crippen molar-refractivity contribution in [2.24, 2.45) is 0 Å². The number of hydrogen-bond acceptors (Lipinski definition) is 2. The number of halogens is 1. The van der Waals surface area contributed by atoms with Crippen molar-refractivity contribution < 1.29 is 4.39 Å². The normalized spacial score (nSPS) is 10.5. The summed E-state index contributed by atoms with van der Waals surface area (Å²) in [6, 6.07) is 11.9. The Kier molecular flexibility index (Phi) is 2.61. The lowest BCUT2D eigenvalue weighted by molar-refractivity contribution is 0.628. The molecule has 0 aliphatic carbocycles. The Balaban J connectivity index is 1.97. The van der Waals surface area contributed by atoms with Gasteiger partial charge in [0.1, 0.15) is 5.82 Å². The van der Waals surface area contributed by atoms with E-state index in [9.17, 15) is 4.39 Å². The number of benzene rings is 1. The predicted octanol–water partition coefficient (Wildman–Crippen LogP) is 3.07. The van der Waals surface area contributed by atoms with Crippen LogP contribution in [0.3, 0.4) is 0 Å². The molecule has 3 nitrogen and oxygen atoms in total. The van der Waals surface area contributed by atoms with Gasteiger partial charge in [-0.3, -0.25) is 4.98 Å². The van der Waals surface area contributed by atoms with E-state index in [1.807, 2.05) is 24.4 Å². The topological polar surface area (TPSA) is 30.7 Å². The molecule has 0 radical (unpaired) electrons. The molecule has 0 atom stereocenters. The van der Waals surface area contributed by atoms with Crippen molar-refractivity contribution in [3.63, 3.8) is 0 Å². The van der Waals surface area contributed by atoms with Crippen LogP contribution >= 0.6 is 0 Å². The van der Waals surface area contributed by atoms with Crippen LogP contribution < -0.4 is 0 Å². The van der Waals surface area contributed by atoms with E-state index < -0.39 is 0 Å². The second kappa shape index (κ2) is 4.41. The second-order valence-electron chi connectivity index (χ2n) is 3.86. The lowest BCUT2D eigenvalue weighted by Crippen LogP contribution is -1.94. The van der Waals surface area contributed by atoms with Gasteiger partial charge in [-0.25, -0.2) is 9.07 Å². The van der Waals surface area contributed by atoms with Gasteiger partial charge in [0.15, 0.2) is 0 Å². The van der Waals surface area contributed by atoms with E-state index in [2.05, 4.69) is 10.1 Å². The molecule has 2 heterocycles. The van der Waals surface area contributed by atoms with Crippen LogP contribution in [0.1, 0.15) is 0 Å². The van der Waals surface area contributed by atoms with Gasteiger partial charge in [-0.05, 0) is 42.5 Å². The first-order valence-corrected chi connectivity index (χ1v) is 5.55. The Labute approximate surface area is 104 Å². The van der Waals surface area contributed by atoms with Gasteiger partial charge in [-0.15, -0.1) is 0 Å². The molecule has 0 bridgehead atoms. The van der Waals surface area contributed by atoms with Gasteiger partial charge in [0.25, 0.3) is 0 Å². The highest BCUT2D eigenvalue weighted by atomic mass is 19.1. The molecule has 0 aliphatic heterocycles. The monoisotopic (exact) mass is 239 g/mol. The van der Waals surface area contributed by atoms with Crippen molar-refractivity contribution in [1.82, 2.24) is 14.8 Å². The molecule has 1 aromatic carbocycles. The van der Waals surface area contributed by atoms with Crippen LogP contribution in [0.5, 0.6) is 0 Å². The molecular weight excluding hydrogens is 229 g/mol. The van der Waals surface area contributed by atoms with E-state index in [-0.39, 0.29) is 5.82 Å². The van der Waals surface area contributed by atoms with Gasteiger partial charge >= 0.3 is 0 Å². The largest absolute Gasteiger partial charge is 0.265 e. The summed E-state index contributed by atoms with van der Waals surface area (Å²) in [6.07, 6.45) is 5.30. The zero-order valence-corrected chi connectivity index (χ0v) is 9.49. The molecule has 0 amide bonds. The van der Waals surface area contributed by atoms with Crippen LogP contribution in [0.25, 0.3) is 16.9 Å². The summed E-state index contributed by atoms with van der Waals surface area (Å²) in [6.45, 7) is 0. The van der Waals surface area contributed by atoms with Crippen molar-refractivity contribution >= 4 is 0 Å². The van der Waals surface area contributed by atoms with Gasteiger partial charge < -0.3 is 0 Å². The molecule has 0 saturated heterocycles. The van der Waals surface area contributed by atoms with E-state index in [1.54, 1.807) is 29.2 Å². The highest BCUT2D eigenvalue weighted by molar-refractivity contribution is 5.58. The molecule has 3 rings (SSSR count). The maximum atomic E-state index is 12.8. The first kappa shape index (κ1) is 10.7. The first-order valence-electron chi connectivity index (χ1n) is 5.55. The fraction of sp³-hybridized carbons (Fsp3) is 0. The van der Waals surface area contributed by atoms with Gasteiger partial charge in [-0.1, -0.05) is 0 Å². The number of hydrogen-bond donors (Lipinski definition) is 0. The summed E-state index contributed by atoms with van der Waals surface area (Å²) < 4.78 is 14.6. The van der Waals surface area contributed by atoms with Gasteiger partial charge in [0.05, 0.1) is 11.4 Å². The number of rotatable bonds is 2. The van der Waals surface area contributed by atoms with Crippen molar-refractivity contribution in [3.8, 4) is 16.9 Å². The molecular formula is C14H10FN3. The fourth-order valence-electron chi connectivity index (χ4n) is 1.74. The first-order chi connectivity index (χ1) is 8.83. The summed E-state index contributed by atoms with van der Waals surface area (Å²) in [5.41, 5.74) is 2.65. The minimum absolute atomic E-state index is 0.243. The third-order valence-corrected chi connectivity index (χ3v) is 2.66. The summed E-state index contributed by atoms with van der Waals surface area (Å²) in [7, 11) is 0. The van der Waals surface area contributed by atoms with Crippen molar-refractivity contribution in [3.05, 3.63) is 66.9 Å². The Morgan fingerprint density at radius 1 is 0.889 bits per heavy atom. The van der Waals surface area contributed by atoms with E-state index >= 15 is 0 Å². The summed E-state index contributed by atoms with van der Waals surface area (Å²) in [4.78, 5) is 3.96. The molecule has 4 heteroatoms. The lowest BCUT2D eigenvalue weighted by Gasteiger charge is -2.00. The second-order valence-corrected chi connectivity index (χ2v) is 3.86. The standard InChI is InChI=1S/C14H10FN3/c15-12-3-1-11(2-4-12)14-7-10-18(17-14)13-5-8-16-9-6-13/h1-10H. The molecule has 0 N–H and O–H groups in total. The maximum absolute atomic E-state index is 12.8. The molecule has 0 unspecified atom stereocenters. The van der Waals surface area contributed by atoms with E-state index in [0.29, 0.717) is 0 Å². The molecule has 88 valence electrons. The minimum Gasteiger partial charge on any atom is -0.265 e. The highest BCUT2D eigenvalue weighted by Gasteiger charge is 2.03. The number of pyridine rings is 1. The number of nitrogens with zero attached hydrogens (tertiary/aromatic N) is 3. The Bertz CT molecular complexity index is 644. The Morgan fingerprint density at radius 2 is 1.61 bits per heavy atom. The average Bonchev–Trinajstić information content (AvgIpc) is 2.90. The van der Waals surface area contributed by atoms with Crippen LogP contribution in [0.4, 0.5) is 4.39 Å². The molecule has 0 spiro atoms. The Morgan fingerprint density at radius 3 is 2.33 bits per heavy atom. The van der Waals surface area contributed by atoms with Gasteiger partial charge in [0.2, 0.25) is 0 Å². The van der Waals surface area contributed by atoms with Crippen molar-refractivity contribution in [2.75, 3.05) is 0 Å². The average molecular weight is 239 g/mol. The molecule has 0 fully saturated rings. The third kappa shape index (κ3) is 2.00. The molecule has 0 aliphatic rings. The quantitative estimate of drug-likeness (QED) is 0.688. The van der Waals surface area contributed by atoms with Gasteiger partial charge in [0, 0.05) is 24.2 Å². The van der Waals surface area contributed by atoms with Crippen LogP contribution in [0.15, 0.2) is 61.1 Å².